The van der Waals surface area contributed by atoms with Crippen molar-refractivity contribution in [1.29, 1.82) is 0 Å². The zero-order valence-corrected chi connectivity index (χ0v) is 20.8. The molecule has 0 bridgehead atoms. The van der Waals surface area contributed by atoms with E-state index in [4.69, 9.17) is 14.5 Å². The van der Waals surface area contributed by atoms with Gasteiger partial charge in [-0.15, -0.1) is 11.3 Å². The summed E-state index contributed by atoms with van der Waals surface area (Å²) in [5.41, 5.74) is 1.52. The van der Waals surface area contributed by atoms with Gasteiger partial charge in [-0.1, -0.05) is 19.8 Å². The fourth-order valence-corrected chi connectivity index (χ4v) is 4.34. The second-order valence-corrected chi connectivity index (χ2v) is 9.18. The quantitative estimate of drug-likeness (QED) is 0.348. The van der Waals surface area contributed by atoms with Gasteiger partial charge in [-0.05, 0) is 36.9 Å². The van der Waals surface area contributed by atoms with E-state index in [1.54, 1.807) is 25.6 Å². The van der Waals surface area contributed by atoms with Gasteiger partial charge < -0.3 is 25.4 Å². The number of anilines is 2. The number of benzene rings is 1. The third kappa shape index (κ3) is 6.47. The van der Waals surface area contributed by atoms with Gasteiger partial charge >= 0.3 is 0 Å². The smallest absolute Gasteiger partial charge is 0.225 e. The number of carbonyl (C=O) groups is 1. The van der Waals surface area contributed by atoms with Crippen LogP contribution in [0.2, 0.25) is 0 Å². The molecule has 0 saturated carbocycles. The fraction of sp³-hybridized carbons (Fsp3) is 0.458. The summed E-state index contributed by atoms with van der Waals surface area (Å²) in [4.78, 5) is 21.0. The Morgan fingerprint density at radius 3 is 2.70 bits per heavy atom. The van der Waals surface area contributed by atoms with Crippen LogP contribution in [0.5, 0.6) is 11.5 Å². The van der Waals surface area contributed by atoms with Crippen LogP contribution in [0.1, 0.15) is 45.6 Å². The van der Waals surface area contributed by atoms with Crippen LogP contribution in [-0.4, -0.2) is 42.2 Å². The van der Waals surface area contributed by atoms with Crippen molar-refractivity contribution in [3.63, 3.8) is 0 Å². The average Bonchev–Trinajstić information content (AvgIpc) is 3.29. The number of rotatable bonds is 12. The number of hydrogen-bond acceptors (Lipinski definition) is 8. The molecule has 0 saturated heterocycles. The molecular formula is C24H33N5O3S. The second-order valence-electron chi connectivity index (χ2n) is 8.26. The van der Waals surface area contributed by atoms with Gasteiger partial charge in [0.25, 0.3) is 0 Å². The Hall–Kier alpha value is -3.07. The Balaban J connectivity index is 1.85. The van der Waals surface area contributed by atoms with E-state index in [0.29, 0.717) is 19.0 Å². The lowest BCUT2D eigenvalue weighted by Crippen LogP contribution is -2.46. The normalized spacial score (nSPS) is 12.8. The molecule has 0 spiro atoms. The van der Waals surface area contributed by atoms with Crippen LogP contribution in [-0.2, 0) is 11.3 Å². The van der Waals surface area contributed by atoms with Gasteiger partial charge in [-0.25, -0.2) is 4.98 Å². The predicted octanol–water partition coefficient (Wildman–Crippen LogP) is 4.82. The van der Waals surface area contributed by atoms with Gasteiger partial charge in [0.2, 0.25) is 11.9 Å². The Morgan fingerprint density at radius 1 is 1.18 bits per heavy atom. The van der Waals surface area contributed by atoms with Gasteiger partial charge in [0, 0.05) is 31.6 Å². The van der Waals surface area contributed by atoms with Crippen molar-refractivity contribution < 1.29 is 14.3 Å². The number of nitrogens with one attached hydrogen (secondary N) is 3. The van der Waals surface area contributed by atoms with Crippen molar-refractivity contribution in [1.82, 2.24) is 15.3 Å². The first-order chi connectivity index (χ1) is 15.9. The maximum atomic E-state index is 11.6. The summed E-state index contributed by atoms with van der Waals surface area (Å²) in [6.07, 6.45) is 3.03. The largest absolute Gasteiger partial charge is 0.497 e. The van der Waals surface area contributed by atoms with Crippen LogP contribution in [0.15, 0.2) is 29.6 Å². The fourth-order valence-electron chi connectivity index (χ4n) is 3.57. The molecule has 9 heteroatoms. The average molecular weight is 472 g/mol. The summed E-state index contributed by atoms with van der Waals surface area (Å²) in [6.45, 7) is 6.84. The van der Waals surface area contributed by atoms with Gasteiger partial charge in [-0.2, -0.15) is 4.98 Å². The molecule has 2 aromatic heterocycles. The molecule has 3 N–H and O–H groups in total. The Bertz CT molecular complexity index is 1090. The number of ether oxygens (including phenoxy) is 2. The van der Waals surface area contributed by atoms with Crippen LogP contribution in [0.3, 0.4) is 0 Å². The van der Waals surface area contributed by atoms with Crippen molar-refractivity contribution in [3.05, 3.63) is 35.2 Å². The summed E-state index contributed by atoms with van der Waals surface area (Å²) in [5.74, 6) is 2.73. The number of nitrogens with zero attached hydrogens (tertiary/aromatic N) is 2. The monoisotopic (exact) mass is 471 g/mol. The Labute approximate surface area is 199 Å². The molecule has 1 aromatic carbocycles. The van der Waals surface area contributed by atoms with Gasteiger partial charge in [-0.3, -0.25) is 4.79 Å². The lowest BCUT2D eigenvalue weighted by molar-refractivity contribution is -0.119. The summed E-state index contributed by atoms with van der Waals surface area (Å²) in [6, 6.07) is 7.70. The van der Waals surface area contributed by atoms with Crippen molar-refractivity contribution in [2.24, 2.45) is 0 Å². The summed E-state index contributed by atoms with van der Waals surface area (Å²) in [7, 11) is 3.27. The van der Waals surface area contributed by atoms with Gasteiger partial charge in [0.15, 0.2) is 0 Å². The topological polar surface area (TPSA) is 97.4 Å². The van der Waals surface area contributed by atoms with Crippen molar-refractivity contribution in [3.8, 4) is 11.5 Å². The lowest BCUT2D eigenvalue weighted by atomic mass is 9.94. The summed E-state index contributed by atoms with van der Waals surface area (Å²) < 4.78 is 11.8. The number of thiophene rings is 1. The molecule has 0 fully saturated rings. The van der Waals surface area contributed by atoms with E-state index < -0.39 is 0 Å². The highest BCUT2D eigenvalue weighted by Gasteiger charge is 2.26. The number of hydrogen-bond donors (Lipinski definition) is 3. The first kappa shape index (κ1) is 24.6. The minimum absolute atomic E-state index is 0.0423. The number of amides is 1. The second kappa shape index (κ2) is 11.2. The molecular weight excluding hydrogens is 438 g/mol. The van der Waals surface area contributed by atoms with E-state index in [-0.39, 0.29) is 11.4 Å². The number of methoxy groups -OCH3 is 2. The van der Waals surface area contributed by atoms with Crippen LogP contribution in [0, 0.1) is 0 Å². The molecule has 1 unspecified atom stereocenters. The number of carbonyl (C=O) groups excluding carboxylic acids is 1. The first-order valence-electron chi connectivity index (χ1n) is 11.1. The molecule has 3 aromatic rings. The molecule has 1 atom stereocenters. The van der Waals surface area contributed by atoms with Crippen molar-refractivity contribution in [2.75, 3.05) is 31.4 Å². The molecule has 0 aliphatic heterocycles. The molecule has 178 valence electrons. The third-order valence-electron chi connectivity index (χ3n) is 5.46. The first-order valence-corrected chi connectivity index (χ1v) is 12.0. The third-order valence-corrected chi connectivity index (χ3v) is 6.37. The SMILES string of the molecule is CCCCC(C)(CNC(C)=O)Nc1nc(NCc2ccc(OC)cc2OC)nc2ccsc12. The molecule has 0 aliphatic rings. The maximum absolute atomic E-state index is 11.6. The number of aromatic nitrogens is 2. The highest BCUT2D eigenvalue weighted by Crippen LogP contribution is 2.31. The van der Waals surface area contributed by atoms with Crippen molar-refractivity contribution in [2.45, 2.75) is 52.1 Å². The van der Waals surface area contributed by atoms with E-state index >= 15 is 0 Å². The molecule has 33 heavy (non-hydrogen) atoms. The van der Waals surface area contributed by atoms with Crippen LogP contribution in [0.4, 0.5) is 11.8 Å². The molecule has 0 radical (unpaired) electrons. The summed E-state index contributed by atoms with van der Waals surface area (Å²) in [5, 5.41) is 11.9. The van der Waals surface area contributed by atoms with Gasteiger partial charge in [0.05, 0.1) is 30.0 Å². The minimum atomic E-state index is -0.330. The zero-order chi connectivity index (χ0) is 23.8. The Kier molecular flexibility index (Phi) is 8.32. The Morgan fingerprint density at radius 2 is 2.00 bits per heavy atom. The number of fused-ring (bicyclic) bond motifs is 1. The molecule has 3 rings (SSSR count). The highest BCUT2D eigenvalue weighted by atomic mass is 32.1. The molecule has 0 aliphatic carbocycles. The molecule has 2 heterocycles. The van der Waals surface area contributed by atoms with Gasteiger partial charge in [0.1, 0.15) is 17.3 Å². The zero-order valence-electron chi connectivity index (χ0n) is 19.9. The van der Waals surface area contributed by atoms with E-state index in [1.807, 2.05) is 29.6 Å². The van der Waals surface area contributed by atoms with Crippen molar-refractivity contribution >= 4 is 39.2 Å². The molecule has 1 amide bonds. The van der Waals surface area contributed by atoms with Crippen LogP contribution in [0.25, 0.3) is 10.2 Å². The van der Waals surface area contributed by atoms with Crippen LogP contribution < -0.4 is 25.4 Å². The predicted molar refractivity (Wildman–Crippen MR) is 135 cm³/mol. The highest BCUT2D eigenvalue weighted by molar-refractivity contribution is 7.17. The minimum Gasteiger partial charge on any atom is -0.497 e. The van der Waals surface area contributed by atoms with E-state index in [0.717, 1.165) is 52.4 Å². The molecule has 8 nitrogen and oxygen atoms in total. The lowest BCUT2D eigenvalue weighted by Gasteiger charge is -2.32. The standard InChI is InChI=1S/C24H33N5O3S/c1-6-7-11-24(3,15-26-16(2)30)29-22-21-19(10-12-33-21)27-23(28-22)25-14-17-8-9-18(31-4)13-20(17)32-5/h8-10,12-13H,6-7,11,14-15H2,1-5H3,(H,26,30)(H2,25,27,28,29). The number of unbranched alkanes of at least 4 members (excludes halogenated alkanes) is 1. The van der Waals surface area contributed by atoms with E-state index in [1.165, 1.54) is 6.92 Å². The summed E-state index contributed by atoms with van der Waals surface area (Å²) >= 11 is 1.60. The van der Waals surface area contributed by atoms with E-state index in [9.17, 15) is 4.79 Å². The van der Waals surface area contributed by atoms with E-state index in [2.05, 4.69) is 34.8 Å². The maximum Gasteiger partial charge on any atom is 0.225 e. The van der Waals surface area contributed by atoms with Crippen LogP contribution >= 0.6 is 11.3 Å².